The minimum atomic E-state index is 0. The molecular weight excluding hydrogens is 361 g/mol. The van der Waals surface area contributed by atoms with Crippen LogP contribution in [0, 0.1) is 0 Å². The Labute approximate surface area is 159 Å². The molecule has 136 valence electrons. The zero-order valence-corrected chi connectivity index (χ0v) is 15.7. The summed E-state index contributed by atoms with van der Waals surface area (Å²) in [7, 11) is 1.67. The molecule has 0 bridgehead atoms. The summed E-state index contributed by atoms with van der Waals surface area (Å²) in [5.41, 5.74) is 9.71. The zero-order chi connectivity index (χ0) is 16.1. The van der Waals surface area contributed by atoms with Crippen LogP contribution in [0.5, 0.6) is 5.75 Å². The van der Waals surface area contributed by atoms with Gasteiger partial charge in [-0.05, 0) is 30.3 Å². The monoisotopic (exact) mass is 383 g/mol. The number of nitrogens with one attached hydrogen (secondary N) is 1. The number of halogens is 2. The summed E-state index contributed by atoms with van der Waals surface area (Å²) in [5, 5.41) is 0. The average Bonchev–Trinajstić information content (AvgIpc) is 2.97. The number of imidazole rings is 1. The van der Waals surface area contributed by atoms with E-state index in [4.69, 9.17) is 15.2 Å². The third-order valence-corrected chi connectivity index (χ3v) is 3.66. The minimum absolute atomic E-state index is 0. The molecule has 0 radical (unpaired) electrons. The van der Waals surface area contributed by atoms with E-state index >= 15 is 0 Å². The number of fused-ring (bicyclic) bond motifs is 1. The highest BCUT2D eigenvalue weighted by molar-refractivity contribution is 5.86. The van der Waals surface area contributed by atoms with Gasteiger partial charge in [0.1, 0.15) is 18.2 Å². The minimum Gasteiger partial charge on any atom is -0.491 e. The van der Waals surface area contributed by atoms with Crippen molar-refractivity contribution in [1.29, 1.82) is 0 Å². The van der Waals surface area contributed by atoms with Crippen LogP contribution in [0.1, 0.15) is 5.82 Å². The molecule has 1 aromatic heterocycles. The molecule has 0 amide bonds. The highest BCUT2D eigenvalue weighted by Gasteiger charge is 2.09. The molecule has 0 saturated heterocycles. The molecule has 0 saturated carbocycles. The number of para-hydroxylation sites is 1. The first-order chi connectivity index (χ1) is 11.3. The molecule has 0 aliphatic carbocycles. The van der Waals surface area contributed by atoms with Crippen LogP contribution in [0.3, 0.4) is 0 Å². The van der Waals surface area contributed by atoms with E-state index in [1.165, 1.54) is 0 Å². The average molecular weight is 384 g/mol. The van der Waals surface area contributed by atoms with E-state index in [1.54, 1.807) is 7.11 Å². The van der Waals surface area contributed by atoms with Gasteiger partial charge in [-0.1, -0.05) is 24.3 Å². The van der Waals surface area contributed by atoms with Crippen LogP contribution < -0.4 is 10.5 Å². The summed E-state index contributed by atoms with van der Waals surface area (Å²) in [4.78, 5) is 7.86. The first-order valence-corrected chi connectivity index (χ1v) is 7.71. The quantitative estimate of drug-likeness (QED) is 0.611. The summed E-state index contributed by atoms with van der Waals surface area (Å²) in [6, 6.07) is 14.2. The summed E-state index contributed by atoms with van der Waals surface area (Å²) in [6.45, 7) is 1.68. The molecule has 5 nitrogen and oxygen atoms in total. The number of nitrogens with zero attached hydrogens (tertiary/aromatic N) is 1. The number of hydrogen-bond donors (Lipinski definition) is 2. The van der Waals surface area contributed by atoms with Crippen molar-refractivity contribution in [3.63, 3.8) is 0 Å². The Morgan fingerprint density at radius 2 is 1.88 bits per heavy atom. The normalized spacial score (nSPS) is 10.2. The molecule has 0 spiro atoms. The van der Waals surface area contributed by atoms with Crippen LogP contribution in [0.25, 0.3) is 22.2 Å². The number of nitrogens with two attached hydrogens (primary N) is 1. The maximum Gasteiger partial charge on any atom is 0.127 e. The van der Waals surface area contributed by atoms with E-state index in [0.717, 1.165) is 40.2 Å². The molecule has 3 N–H and O–H groups in total. The number of aromatic nitrogens is 2. The predicted molar refractivity (Wildman–Crippen MR) is 106 cm³/mol. The molecule has 25 heavy (non-hydrogen) atoms. The number of hydrogen-bond acceptors (Lipinski definition) is 4. The molecule has 0 fully saturated rings. The summed E-state index contributed by atoms with van der Waals surface area (Å²) in [5.74, 6) is 1.77. The van der Waals surface area contributed by atoms with Crippen LogP contribution >= 0.6 is 24.8 Å². The first kappa shape index (κ1) is 21.3. The Bertz CT molecular complexity index is 793. The van der Waals surface area contributed by atoms with Crippen LogP contribution in [-0.4, -0.2) is 36.8 Å². The van der Waals surface area contributed by atoms with Crippen molar-refractivity contribution in [2.75, 3.05) is 26.9 Å². The van der Waals surface area contributed by atoms with Gasteiger partial charge in [-0.25, -0.2) is 4.98 Å². The Kier molecular flexibility index (Phi) is 8.72. The van der Waals surface area contributed by atoms with Gasteiger partial charge < -0.3 is 20.2 Å². The molecule has 2 aromatic carbocycles. The highest BCUT2D eigenvalue weighted by atomic mass is 35.5. The molecular formula is C18H23Cl2N3O2. The van der Waals surface area contributed by atoms with Crippen molar-refractivity contribution in [3.05, 3.63) is 48.3 Å². The molecule has 0 atom stereocenters. The van der Waals surface area contributed by atoms with Gasteiger partial charge in [0, 0.05) is 19.1 Å². The van der Waals surface area contributed by atoms with Gasteiger partial charge in [0.05, 0.1) is 17.6 Å². The Hall–Kier alpha value is -1.79. The zero-order valence-electron chi connectivity index (χ0n) is 14.0. The van der Waals surface area contributed by atoms with Crippen molar-refractivity contribution in [2.24, 2.45) is 5.73 Å². The van der Waals surface area contributed by atoms with Crippen LogP contribution in [0.4, 0.5) is 0 Å². The largest absolute Gasteiger partial charge is 0.491 e. The maximum atomic E-state index is 5.82. The number of aromatic amines is 1. The smallest absolute Gasteiger partial charge is 0.127 e. The summed E-state index contributed by atoms with van der Waals surface area (Å²) in [6.07, 6.45) is 0.751. The van der Waals surface area contributed by atoms with Gasteiger partial charge in [-0.2, -0.15) is 0 Å². The third kappa shape index (κ3) is 5.09. The SMILES string of the molecule is COCCOc1ccccc1-c1ccc2nc(CCN)[nH]c2c1.Cl.Cl. The van der Waals surface area contributed by atoms with E-state index in [9.17, 15) is 0 Å². The molecule has 0 aliphatic rings. The van der Waals surface area contributed by atoms with Gasteiger partial charge >= 0.3 is 0 Å². The molecule has 3 rings (SSSR count). The molecule has 0 aliphatic heterocycles. The lowest BCUT2D eigenvalue weighted by Crippen LogP contribution is -2.04. The number of methoxy groups -OCH3 is 1. The van der Waals surface area contributed by atoms with E-state index < -0.39 is 0 Å². The number of rotatable bonds is 7. The maximum absolute atomic E-state index is 5.82. The molecule has 1 heterocycles. The number of H-pyrrole nitrogens is 1. The third-order valence-electron chi connectivity index (χ3n) is 3.66. The Morgan fingerprint density at radius 3 is 2.64 bits per heavy atom. The molecule has 7 heteroatoms. The highest BCUT2D eigenvalue weighted by Crippen LogP contribution is 2.31. The lowest BCUT2D eigenvalue weighted by Gasteiger charge is -2.11. The van der Waals surface area contributed by atoms with E-state index in [0.29, 0.717) is 19.8 Å². The second-order valence-electron chi connectivity index (χ2n) is 5.29. The van der Waals surface area contributed by atoms with E-state index in [1.807, 2.05) is 24.3 Å². The number of ether oxygens (including phenoxy) is 2. The van der Waals surface area contributed by atoms with Gasteiger partial charge in [-0.3, -0.25) is 0 Å². The van der Waals surface area contributed by atoms with Gasteiger partial charge in [0.15, 0.2) is 0 Å². The summed E-state index contributed by atoms with van der Waals surface area (Å²) >= 11 is 0. The van der Waals surface area contributed by atoms with Crippen LogP contribution in [0.15, 0.2) is 42.5 Å². The van der Waals surface area contributed by atoms with Crippen molar-refractivity contribution in [1.82, 2.24) is 9.97 Å². The van der Waals surface area contributed by atoms with E-state index in [2.05, 4.69) is 28.2 Å². The van der Waals surface area contributed by atoms with Crippen molar-refractivity contribution in [3.8, 4) is 16.9 Å². The fourth-order valence-corrected chi connectivity index (χ4v) is 2.55. The second-order valence-corrected chi connectivity index (χ2v) is 5.29. The predicted octanol–water partition coefficient (Wildman–Crippen LogP) is 3.60. The second kappa shape index (κ2) is 10.3. The molecule has 3 aromatic rings. The van der Waals surface area contributed by atoms with Gasteiger partial charge in [-0.15, -0.1) is 24.8 Å². The fraction of sp³-hybridized carbons (Fsp3) is 0.278. The molecule has 0 unspecified atom stereocenters. The topological polar surface area (TPSA) is 73.2 Å². The summed E-state index contributed by atoms with van der Waals surface area (Å²) < 4.78 is 10.9. The van der Waals surface area contributed by atoms with Crippen molar-refractivity contribution in [2.45, 2.75) is 6.42 Å². The van der Waals surface area contributed by atoms with Crippen molar-refractivity contribution < 1.29 is 9.47 Å². The Balaban J connectivity index is 0.00000156. The Morgan fingerprint density at radius 1 is 1.08 bits per heavy atom. The van der Waals surface area contributed by atoms with Crippen LogP contribution in [0.2, 0.25) is 0 Å². The van der Waals surface area contributed by atoms with Gasteiger partial charge in [0.25, 0.3) is 0 Å². The first-order valence-electron chi connectivity index (χ1n) is 7.71. The lowest BCUT2D eigenvalue weighted by molar-refractivity contribution is 0.146. The standard InChI is InChI=1S/C18H21N3O2.2ClH/c1-22-10-11-23-17-5-3-2-4-14(17)13-6-7-15-16(12-13)21-18(20-15)8-9-19;;/h2-7,12H,8-11,19H2,1H3,(H,20,21);2*1H. The fourth-order valence-electron chi connectivity index (χ4n) is 2.55. The number of benzene rings is 2. The van der Waals surface area contributed by atoms with Gasteiger partial charge in [0.2, 0.25) is 0 Å². The van der Waals surface area contributed by atoms with E-state index in [-0.39, 0.29) is 24.8 Å². The van der Waals surface area contributed by atoms with Crippen molar-refractivity contribution >= 4 is 35.8 Å². The van der Waals surface area contributed by atoms with Crippen LogP contribution in [-0.2, 0) is 11.2 Å². The lowest BCUT2D eigenvalue weighted by atomic mass is 10.0.